The number of halogens is 2. The lowest BCUT2D eigenvalue weighted by atomic mass is 9.91. The van der Waals surface area contributed by atoms with Crippen LogP contribution in [-0.4, -0.2) is 79.4 Å². The number of hydrogen-bond donors (Lipinski definition) is 2. The summed E-state index contributed by atoms with van der Waals surface area (Å²) in [5, 5.41) is 9.46. The number of aliphatic hydroxyl groups excluding tert-OH is 1. The number of hydrogen-bond acceptors (Lipinski definition) is 5. The van der Waals surface area contributed by atoms with Crippen molar-refractivity contribution in [3.05, 3.63) is 0 Å². The fraction of sp³-hybridized carbons (Fsp3) is 0.941. The Bertz CT molecular complexity index is 374. The van der Waals surface area contributed by atoms with Gasteiger partial charge in [0.2, 0.25) is 5.91 Å². The van der Waals surface area contributed by atoms with Crippen LogP contribution in [0.5, 0.6) is 0 Å². The number of carbonyl (C=O) groups is 1. The molecule has 2 atom stereocenters. The molecule has 25 heavy (non-hydrogen) atoms. The molecule has 2 aliphatic heterocycles. The molecule has 0 bridgehead atoms. The van der Waals surface area contributed by atoms with Gasteiger partial charge in [-0.05, 0) is 57.5 Å². The molecule has 150 valence electrons. The Balaban J connectivity index is 0.00000288. The number of likely N-dealkylation sites (tertiary alicyclic amines) is 1. The Kier molecular flexibility index (Phi) is 12.3. The average molecular weight is 400 g/mol. The van der Waals surface area contributed by atoms with Gasteiger partial charge in [0, 0.05) is 33.4 Å². The van der Waals surface area contributed by atoms with Crippen molar-refractivity contribution < 1.29 is 14.6 Å². The van der Waals surface area contributed by atoms with Gasteiger partial charge in [-0.15, -0.1) is 24.8 Å². The van der Waals surface area contributed by atoms with E-state index >= 15 is 0 Å². The summed E-state index contributed by atoms with van der Waals surface area (Å²) in [4.78, 5) is 16.7. The van der Waals surface area contributed by atoms with Crippen LogP contribution in [-0.2, 0) is 9.53 Å². The standard InChI is InChI=1S/C17H33N3O3.2ClH/c1-13(21)11-20-7-3-14(4-8-20)12-19(2)17(22)16(18)15-5-9-23-10-6-15;;/h13-16,21H,3-12,18H2,1-2H3;2*1H. The van der Waals surface area contributed by atoms with Crippen molar-refractivity contribution in [2.75, 3.05) is 46.4 Å². The largest absolute Gasteiger partial charge is 0.392 e. The summed E-state index contributed by atoms with van der Waals surface area (Å²) in [5.74, 6) is 0.867. The number of nitrogens with two attached hydrogens (primary N) is 1. The van der Waals surface area contributed by atoms with E-state index in [-0.39, 0.29) is 48.8 Å². The maximum atomic E-state index is 12.5. The minimum absolute atomic E-state index is 0. The quantitative estimate of drug-likeness (QED) is 0.699. The molecule has 2 heterocycles. The van der Waals surface area contributed by atoms with Gasteiger partial charge in [-0.2, -0.15) is 0 Å². The lowest BCUT2D eigenvalue weighted by molar-refractivity contribution is -0.134. The molecule has 0 radical (unpaired) electrons. The number of nitrogens with zero attached hydrogens (tertiary/aromatic N) is 2. The molecule has 0 aromatic carbocycles. The van der Waals surface area contributed by atoms with Gasteiger partial charge in [0.25, 0.3) is 0 Å². The molecular formula is C17H35Cl2N3O3. The summed E-state index contributed by atoms with van der Waals surface area (Å²) in [6.07, 6.45) is 3.67. The number of rotatable bonds is 6. The van der Waals surface area contributed by atoms with E-state index in [1.807, 2.05) is 18.9 Å². The Morgan fingerprint density at radius 1 is 1.24 bits per heavy atom. The lowest BCUT2D eigenvalue weighted by Gasteiger charge is -2.35. The number of carbonyl (C=O) groups excluding carboxylic acids is 1. The van der Waals surface area contributed by atoms with Crippen LogP contribution in [0.1, 0.15) is 32.6 Å². The second-order valence-corrected chi connectivity index (χ2v) is 7.29. The van der Waals surface area contributed by atoms with E-state index < -0.39 is 0 Å². The van der Waals surface area contributed by atoms with E-state index in [1.54, 1.807) is 0 Å². The summed E-state index contributed by atoms with van der Waals surface area (Å²) < 4.78 is 5.35. The predicted octanol–water partition coefficient (Wildman–Crippen LogP) is 1.14. The summed E-state index contributed by atoms with van der Waals surface area (Å²) in [7, 11) is 1.88. The molecule has 2 saturated heterocycles. The van der Waals surface area contributed by atoms with Gasteiger partial charge < -0.3 is 25.4 Å². The molecule has 0 aromatic heterocycles. The van der Waals surface area contributed by atoms with Gasteiger partial charge in [0.1, 0.15) is 0 Å². The number of piperidine rings is 1. The highest BCUT2D eigenvalue weighted by molar-refractivity contribution is 5.85. The summed E-state index contributed by atoms with van der Waals surface area (Å²) in [6.45, 7) is 6.81. The first-order chi connectivity index (χ1) is 11.0. The van der Waals surface area contributed by atoms with Crippen molar-refractivity contribution in [3.8, 4) is 0 Å². The Morgan fingerprint density at radius 3 is 2.32 bits per heavy atom. The maximum Gasteiger partial charge on any atom is 0.239 e. The van der Waals surface area contributed by atoms with Gasteiger partial charge in [-0.3, -0.25) is 4.79 Å². The third-order valence-corrected chi connectivity index (χ3v) is 5.20. The fourth-order valence-corrected chi connectivity index (χ4v) is 3.73. The molecular weight excluding hydrogens is 365 g/mol. The fourth-order valence-electron chi connectivity index (χ4n) is 3.73. The normalized spacial score (nSPS) is 22.4. The van der Waals surface area contributed by atoms with E-state index in [0.717, 1.165) is 65.1 Å². The molecule has 3 N–H and O–H groups in total. The average Bonchev–Trinajstić information content (AvgIpc) is 2.55. The number of amides is 1. The molecule has 0 saturated carbocycles. The van der Waals surface area contributed by atoms with E-state index in [4.69, 9.17) is 10.5 Å². The van der Waals surface area contributed by atoms with Crippen LogP contribution in [0.4, 0.5) is 0 Å². The highest BCUT2D eigenvalue weighted by atomic mass is 35.5. The predicted molar refractivity (Wildman–Crippen MR) is 104 cm³/mol. The third-order valence-electron chi connectivity index (χ3n) is 5.20. The molecule has 0 spiro atoms. The zero-order valence-corrected chi connectivity index (χ0v) is 17.1. The number of ether oxygens (including phenoxy) is 1. The van der Waals surface area contributed by atoms with Gasteiger partial charge in [0.05, 0.1) is 12.1 Å². The second-order valence-electron chi connectivity index (χ2n) is 7.29. The first-order valence-electron chi connectivity index (χ1n) is 8.96. The van der Waals surface area contributed by atoms with Crippen molar-refractivity contribution in [1.29, 1.82) is 0 Å². The number of likely N-dealkylation sites (N-methyl/N-ethyl adjacent to an activating group) is 1. The molecule has 6 nitrogen and oxygen atoms in total. The smallest absolute Gasteiger partial charge is 0.239 e. The molecule has 2 unspecified atom stereocenters. The van der Waals surface area contributed by atoms with Gasteiger partial charge in [-0.1, -0.05) is 0 Å². The maximum absolute atomic E-state index is 12.5. The van der Waals surface area contributed by atoms with Crippen molar-refractivity contribution >= 4 is 30.7 Å². The molecule has 2 fully saturated rings. The van der Waals surface area contributed by atoms with E-state index in [2.05, 4.69) is 4.90 Å². The second kappa shape index (κ2) is 12.3. The Morgan fingerprint density at radius 2 is 1.80 bits per heavy atom. The van der Waals surface area contributed by atoms with Crippen molar-refractivity contribution in [1.82, 2.24) is 9.80 Å². The van der Waals surface area contributed by atoms with Crippen molar-refractivity contribution in [2.45, 2.75) is 44.8 Å². The van der Waals surface area contributed by atoms with Gasteiger partial charge in [0.15, 0.2) is 0 Å². The molecule has 2 aliphatic rings. The van der Waals surface area contributed by atoms with E-state index in [0.29, 0.717) is 5.92 Å². The molecule has 0 aromatic rings. The first kappa shape index (κ1) is 24.9. The van der Waals surface area contributed by atoms with Gasteiger partial charge in [-0.25, -0.2) is 0 Å². The van der Waals surface area contributed by atoms with Gasteiger partial charge >= 0.3 is 0 Å². The number of aliphatic hydroxyl groups is 1. The van der Waals surface area contributed by atoms with Crippen LogP contribution < -0.4 is 5.73 Å². The molecule has 2 rings (SSSR count). The zero-order chi connectivity index (χ0) is 16.8. The van der Waals surface area contributed by atoms with Crippen LogP contribution in [0, 0.1) is 11.8 Å². The Hall–Kier alpha value is -0.110. The summed E-state index contributed by atoms with van der Waals surface area (Å²) in [6, 6.07) is -0.390. The molecule has 0 aliphatic carbocycles. The van der Waals surface area contributed by atoms with E-state index in [9.17, 15) is 9.90 Å². The third kappa shape index (κ3) is 7.97. The SMILES string of the molecule is CC(O)CN1CCC(CN(C)C(=O)C(N)C2CCOCC2)CC1.Cl.Cl. The van der Waals surface area contributed by atoms with Crippen LogP contribution in [0.25, 0.3) is 0 Å². The van der Waals surface area contributed by atoms with Crippen LogP contribution >= 0.6 is 24.8 Å². The Labute approximate surface area is 164 Å². The minimum atomic E-state index is -0.390. The summed E-state index contributed by atoms with van der Waals surface area (Å²) in [5.41, 5.74) is 6.19. The summed E-state index contributed by atoms with van der Waals surface area (Å²) >= 11 is 0. The highest BCUT2D eigenvalue weighted by Crippen LogP contribution is 2.21. The topological polar surface area (TPSA) is 79.0 Å². The van der Waals surface area contributed by atoms with E-state index in [1.165, 1.54) is 0 Å². The molecule has 8 heteroatoms. The monoisotopic (exact) mass is 399 g/mol. The van der Waals surface area contributed by atoms with Crippen LogP contribution in [0.2, 0.25) is 0 Å². The van der Waals surface area contributed by atoms with Crippen LogP contribution in [0.15, 0.2) is 0 Å². The molecule has 1 amide bonds. The first-order valence-corrected chi connectivity index (χ1v) is 8.96. The van der Waals surface area contributed by atoms with Crippen LogP contribution in [0.3, 0.4) is 0 Å². The van der Waals surface area contributed by atoms with Crippen molar-refractivity contribution in [3.63, 3.8) is 0 Å². The minimum Gasteiger partial charge on any atom is -0.392 e. The lowest BCUT2D eigenvalue weighted by Crippen LogP contribution is -2.49. The zero-order valence-electron chi connectivity index (χ0n) is 15.4. The highest BCUT2D eigenvalue weighted by Gasteiger charge is 2.30. The van der Waals surface area contributed by atoms with Crippen molar-refractivity contribution in [2.24, 2.45) is 17.6 Å². The number of β-amino-alcohol motifs (C(OH)–C–C–N with tert-alkyl or cyclic N) is 1.